The van der Waals surface area contributed by atoms with E-state index in [1.54, 1.807) is 25.1 Å². The molecule has 1 heterocycles. The van der Waals surface area contributed by atoms with Gasteiger partial charge in [0, 0.05) is 11.5 Å². The third-order valence-electron chi connectivity index (χ3n) is 4.17. The van der Waals surface area contributed by atoms with Gasteiger partial charge >= 0.3 is 6.09 Å². The number of carbonyl (C=O) groups is 1. The van der Waals surface area contributed by atoms with Crippen LogP contribution in [0.1, 0.15) is 24.0 Å². The van der Waals surface area contributed by atoms with Gasteiger partial charge in [-0.25, -0.2) is 4.79 Å². The second kappa shape index (κ2) is 7.25. The fraction of sp³-hybridized carbons (Fsp3) is 0.316. The smallest absolute Gasteiger partial charge is 0.407 e. The van der Waals surface area contributed by atoms with E-state index in [1.165, 1.54) is 0 Å². The summed E-state index contributed by atoms with van der Waals surface area (Å²) < 4.78 is 10.8. The summed E-state index contributed by atoms with van der Waals surface area (Å²) in [4.78, 5) is 11.8. The van der Waals surface area contributed by atoms with E-state index in [0.717, 1.165) is 23.3 Å². The van der Waals surface area contributed by atoms with Crippen LogP contribution in [0.5, 0.6) is 11.5 Å². The number of phenolic OH excluding ortho intramolecular Hbond substituents is 1. The maximum absolute atomic E-state index is 11.8. The van der Waals surface area contributed by atoms with Crippen molar-refractivity contribution in [2.75, 3.05) is 13.2 Å². The van der Waals surface area contributed by atoms with Crippen molar-refractivity contribution in [3.8, 4) is 11.5 Å². The molecule has 0 spiro atoms. The summed E-state index contributed by atoms with van der Waals surface area (Å²) in [7, 11) is 0. The van der Waals surface area contributed by atoms with Crippen LogP contribution >= 0.6 is 0 Å². The van der Waals surface area contributed by atoms with Crippen LogP contribution in [0.3, 0.4) is 0 Å². The molecule has 5 heteroatoms. The lowest BCUT2D eigenvalue weighted by Gasteiger charge is -2.34. The second-order valence-corrected chi connectivity index (χ2v) is 5.80. The molecule has 2 atom stereocenters. The summed E-state index contributed by atoms with van der Waals surface area (Å²) in [5, 5.41) is 12.7. The number of benzene rings is 2. The van der Waals surface area contributed by atoms with Crippen molar-refractivity contribution in [2.45, 2.75) is 25.3 Å². The maximum atomic E-state index is 11.8. The van der Waals surface area contributed by atoms with Crippen molar-refractivity contribution in [3.05, 3.63) is 59.7 Å². The summed E-state index contributed by atoms with van der Waals surface area (Å²) >= 11 is 0. The van der Waals surface area contributed by atoms with Gasteiger partial charge in [0.1, 0.15) is 18.1 Å². The van der Waals surface area contributed by atoms with E-state index >= 15 is 0 Å². The van der Waals surface area contributed by atoms with Crippen molar-refractivity contribution in [3.63, 3.8) is 0 Å². The number of alkyl carbamates (subject to hydrolysis) is 1. The minimum Gasteiger partial charge on any atom is -0.508 e. The largest absolute Gasteiger partial charge is 0.508 e. The Kier molecular flexibility index (Phi) is 4.89. The number of rotatable bonds is 4. The highest BCUT2D eigenvalue weighted by atomic mass is 16.5. The topological polar surface area (TPSA) is 67.8 Å². The highest BCUT2D eigenvalue weighted by molar-refractivity contribution is 5.68. The fourth-order valence-electron chi connectivity index (χ4n) is 3.06. The van der Waals surface area contributed by atoms with E-state index in [9.17, 15) is 9.90 Å². The minimum atomic E-state index is -0.451. The first kappa shape index (κ1) is 16.2. The Bertz CT molecular complexity index is 702. The van der Waals surface area contributed by atoms with Gasteiger partial charge in [0.15, 0.2) is 0 Å². The molecular weight excluding hydrogens is 306 g/mol. The van der Waals surface area contributed by atoms with Crippen molar-refractivity contribution in [1.29, 1.82) is 0 Å². The minimum absolute atomic E-state index is 0.00680. The fourth-order valence-corrected chi connectivity index (χ4v) is 3.06. The number of carbonyl (C=O) groups excluding carboxylic acids is 1. The van der Waals surface area contributed by atoms with Crippen LogP contribution in [0, 0.1) is 0 Å². The average Bonchev–Trinajstić information content (AvgIpc) is 2.58. The third kappa shape index (κ3) is 3.62. The number of hydrogen-bond acceptors (Lipinski definition) is 4. The first-order valence-electron chi connectivity index (χ1n) is 8.10. The van der Waals surface area contributed by atoms with Gasteiger partial charge in [0.25, 0.3) is 0 Å². The van der Waals surface area contributed by atoms with Gasteiger partial charge in [-0.1, -0.05) is 30.3 Å². The molecule has 0 saturated carbocycles. The molecule has 0 fully saturated rings. The lowest BCUT2D eigenvalue weighted by molar-refractivity contribution is 0.135. The monoisotopic (exact) mass is 327 g/mol. The van der Waals surface area contributed by atoms with Crippen LogP contribution in [0.4, 0.5) is 4.79 Å². The Labute approximate surface area is 141 Å². The van der Waals surface area contributed by atoms with E-state index in [0.29, 0.717) is 13.2 Å². The van der Waals surface area contributed by atoms with Crippen LogP contribution in [0.15, 0.2) is 48.5 Å². The molecule has 0 radical (unpaired) electrons. The molecule has 0 bridgehead atoms. The predicted molar refractivity (Wildman–Crippen MR) is 90.4 cm³/mol. The van der Waals surface area contributed by atoms with Gasteiger partial charge in [0.2, 0.25) is 0 Å². The third-order valence-corrected chi connectivity index (χ3v) is 4.17. The highest BCUT2D eigenvalue weighted by Crippen LogP contribution is 2.38. The van der Waals surface area contributed by atoms with Crippen molar-refractivity contribution >= 4 is 6.09 Å². The molecule has 1 aliphatic rings. The standard InChI is InChI=1S/C19H21NO4/c1-2-23-19(22)20-17-12-24-18-9-8-14(21)11-16(18)15(17)10-13-6-4-3-5-7-13/h3-9,11,15,17,21H,2,10,12H2,1H3,(H,20,22). The zero-order valence-electron chi connectivity index (χ0n) is 13.6. The lowest BCUT2D eigenvalue weighted by atomic mass is 9.84. The highest BCUT2D eigenvalue weighted by Gasteiger charge is 2.32. The number of aromatic hydroxyl groups is 1. The Morgan fingerprint density at radius 1 is 1.29 bits per heavy atom. The summed E-state index contributed by atoms with van der Waals surface area (Å²) in [6, 6.07) is 14.9. The quantitative estimate of drug-likeness (QED) is 0.905. The van der Waals surface area contributed by atoms with E-state index in [2.05, 4.69) is 17.4 Å². The molecule has 2 unspecified atom stereocenters. The summed E-state index contributed by atoms with van der Waals surface area (Å²) in [5.41, 5.74) is 2.06. The lowest BCUT2D eigenvalue weighted by Crippen LogP contribution is -2.46. The molecule has 0 saturated heterocycles. The van der Waals surface area contributed by atoms with Gasteiger partial charge in [0.05, 0.1) is 12.6 Å². The number of ether oxygens (including phenoxy) is 2. The molecule has 0 aromatic heterocycles. The molecular formula is C19H21NO4. The molecule has 5 nitrogen and oxygen atoms in total. The maximum Gasteiger partial charge on any atom is 0.407 e. The molecule has 2 aromatic rings. The number of fused-ring (bicyclic) bond motifs is 1. The Morgan fingerprint density at radius 2 is 2.08 bits per heavy atom. The predicted octanol–water partition coefficient (Wildman–Crippen LogP) is 3.23. The number of nitrogens with one attached hydrogen (secondary N) is 1. The van der Waals surface area contributed by atoms with Crippen LogP contribution in [-0.2, 0) is 11.2 Å². The number of amides is 1. The Balaban J connectivity index is 1.89. The molecule has 1 amide bonds. The number of phenols is 1. The van der Waals surface area contributed by atoms with Gasteiger partial charge in [-0.2, -0.15) is 0 Å². The van der Waals surface area contributed by atoms with Crippen LogP contribution < -0.4 is 10.1 Å². The van der Waals surface area contributed by atoms with E-state index in [-0.39, 0.29) is 17.7 Å². The van der Waals surface area contributed by atoms with Gasteiger partial charge in [-0.15, -0.1) is 0 Å². The van der Waals surface area contributed by atoms with Crippen LogP contribution in [0.25, 0.3) is 0 Å². The van der Waals surface area contributed by atoms with Crippen LogP contribution in [0.2, 0.25) is 0 Å². The van der Waals surface area contributed by atoms with E-state index < -0.39 is 6.09 Å². The zero-order valence-corrected chi connectivity index (χ0v) is 13.6. The van der Waals surface area contributed by atoms with Crippen molar-refractivity contribution in [2.24, 2.45) is 0 Å². The SMILES string of the molecule is CCOC(=O)NC1COc2ccc(O)cc2C1Cc1ccccc1. The van der Waals surface area contributed by atoms with Gasteiger partial charge in [-0.3, -0.25) is 0 Å². The first-order chi connectivity index (χ1) is 11.7. The number of hydrogen-bond donors (Lipinski definition) is 2. The molecule has 2 aromatic carbocycles. The Hall–Kier alpha value is -2.69. The second-order valence-electron chi connectivity index (χ2n) is 5.80. The summed E-state index contributed by atoms with van der Waals surface area (Å²) in [5.74, 6) is 0.926. The molecule has 1 aliphatic heterocycles. The zero-order chi connectivity index (χ0) is 16.9. The van der Waals surface area contributed by atoms with Gasteiger partial charge in [-0.05, 0) is 37.1 Å². The molecule has 2 N–H and O–H groups in total. The Morgan fingerprint density at radius 3 is 2.83 bits per heavy atom. The molecule has 24 heavy (non-hydrogen) atoms. The molecule has 0 aliphatic carbocycles. The van der Waals surface area contributed by atoms with Crippen LogP contribution in [-0.4, -0.2) is 30.5 Å². The van der Waals surface area contributed by atoms with E-state index in [1.807, 2.05) is 18.2 Å². The molecule has 126 valence electrons. The van der Waals surface area contributed by atoms with E-state index in [4.69, 9.17) is 9.47 Å². The summed E-state index contributed by atoms with van der Waals surface area (Å²) in [6.45, 7) is 2.46. The average molecular weight is 327 g/mol. The normalized spacial score (nSPS) is 19.0. The van der Waals surface area contributed by atoms with Crippen molar-refractivity contribution in [1.82, 2.24) is 5.32 Å². The molecule has 3 rings (SSSR count). The van der Waals surface area contributed by atoms with Crippen molar-refractivity contribution < 1.29 is 19.4 Å². The first-order valence-corrected chi connectivity index (χ1v) is 8.10. The summed E-state index contributed by atoms with van der Waals surface area (Å²) in [6.07, 6.45) is 0.283. The van der Waals surface area contributed by atoms with Gasteiger partial charge < -0.3 is 19.9 Å².